The molecule has 1 atom stereocenters. The molecule has 16 heavy (non-hydrogen) atoms. The first-order chi connectivity index (χ1) is 7.78. The molecule has 4 nitrogen and oxygen atoms in total. The zero-order valence-electron chi connectivity index (χ0n) is 10.1. The minimum absolute atomic E-state index is 0.159. The third-order valence-electron chi connectivity index (χ3n) is 3.56. The Morgan fingerprint density at radius 3 is 2.88 bits per heavy atom. The van der Waals surface area contributed by atoms with Crippen LogP contribution < -0.4 is 5.32 Å². The van der Waals surface area contributed by atoms with Gasteiger partial charge in [-0.2, -0.15) is 0 Å². The zero-order chi connectivity index (χ0) is 11.4. The number of carbonyl (C=O) groups excluding carboxylic acids is 1. The topological polar surface area (TPSA) is 41.6 Å². The van der Waals surface area contributed by atoms with Crippen molar-refractivity contribution in [3.63, 3.8) is 0 Å². The summed E-state index contributed by atoms with van der Waals surface area (Å²) in [6.45, 7) is 4.53. The molecule has 0 spiro atoms. The molecular formula is C12H22N2O2. The van der Waals surface area contributed by atoms with Crippen LogP contribution in [0.15, 0.2) is 0 Å². The number of carbonyl (C=O) groups is 1. The van der Waals surface area contributed by atoms with Crippen molar-refractivity contribution in [3.8, 4) is 0 Å². The maximum Gasteiger partial charge on any atom is 0.266 e. The molecule has 2 aliphatic heterocycles. The van der Waals surface area contributed by atoms with Gasteiger partial charge in [-0.05, 0) is 38.6 Å². The number of nitrogens with zero attached hydrogens (tertiary/aromatic N) is 1. The Kier molecular flexibility index (Phi) is 3.82. The van der Waals surface area contributed by atoms with Crippen molar-refractivity contribution in [3.05, 3.63) is 0 Å². The van der Waals surface area contributed by atoms with Crippen LogP contribution >= 0.6 is 0 Å². The van der Waals surface area contributed by atoms with E-state index in [4.69, 9.17) is 4.84 Å². The number of hydrogen-bond donors (Lipinski definition) is 1. The smallest absolute Gasteiger partial charge is 0.266 e. The Balaban J connectivity index is 2.04. The summed E-state index contributed by atoms with van der Waals surface area (Å²) >= 11 is 0. The highest BCUT2D eigenvalue weighted by atomic mass is 16.7. The quantitative estimate of drug-likeness (QED) is 0.792. The lowest BCUT2D eigenvalue weighted by atomic mass is 9.90. The van der Waals surface area contributed by atoms with Crippen LogP contribution in [0.3, 0.4) is 0 Å². The summed E-state index contributed by atoms with van der Waals surface area (Å²) in [7, 11) is 0. The van der Waals surface area contributed by atoms with E-state index in [0.29, 0.717) is 6.61 Å². The van der Waals surface area contributed by atoms with Crippen LogP contribution in [0.4, 0.5) is 0 Å². The summed E-state index contributed by atoms with van der Waals surface area (Å²) < 4.78 is 0. The Labute approximate surface area is 97.3 Å². The maximum atomic E-state index is 12.5. The molecule has 0 radical (unpaired) electrons. The highest BCUT2D eigenvalue weighted by Crippen LogP contribution is 2.28. The van der Waals surface area contributed by atoms with E-state index in [0.717, 1.165) is 51.6 Å². The van der Waals surface area contributed by atoms with E-state index in [1.54, 1.807) is 5.06 Å². The maximum absolute atomic E-state index is 12.5. The predicted molar refractivity (Wildman–Crippen MR) is 61.8 cm³/mol. The molecule has 0 aromatic rings. The van der Waals surface area contributed by atoms with E-state index in [1.807, 2.05) is 0 Å². The van der Waals surface area contributed by atoms with Gasteiger partial charge in [-0.3, -0.25) is 9.63 Å². The molecule has 1 unspecified atom stereocenters. The Morgan fingerprint density at radius 2 is 2.31 bits per heavy atom. The van der Waals surface area contributed by atoms with Crippen LogP contribution in [0, 0.1) is 0 Å². The van der Waals surface area contributed by atoms with Crippen LogP contribution in [0.25, 0.3) is 0 Å². The van der Waals surface area contributed by atoms with Gasteiger partial charge in [0, 0.05) is 6.54 Å². The fourth-order valence-corrected chi connectivity index (χ4v) is 2.73. The molecule has 0 aromatic carbocycles. The minimum Gasteiger partial charge on any atom is -0.303 e. The Morgan fingerprint density at radius 1 is 1.44 bits per heavy atom. The van der Waals surface area contributed by atoms with Crippen molar-refractivity contribution < 1.29 is 9.63 Å². The molecule has 0 bridgehead atoms. The summed E-state index contributed by atoms with van der Waals surface area (Å²) in [5.74, 6) is 0.159. The average molecular weight is 226 g/mol. The van der Waals surface area contributed by atoms with E-state index < -0.39 is 0 Å². The van der Waals surface area contributed by atoms with Crippen LogP contribution in [-0.2, 0) is 9.63 Å². The first kappa shape index (κ1) is 11.9. The van der Waals surface area contributed by atoms with Crippen molar-refractivity contribution in [2.45, 2.75) is 51.0 Å². The van der Waals surface area contributed by atoms with E-state index in [1.165, 1.54) is 0 Å². The standard InChI is InChI=1S/C12H22N2O2/c1-2-6-12(7-5-8-13-12)11(15)14-9-3-4-10-16-14/h13H,2-10H2,1H3. The minimum atomic E-state index is -0.327. The van der Waals surface area contributed by atoms with Gasteiger partial charge in [-0.1, -0.05) is 13.3 Å². The van der Waals surface area contributed by atoms with Gasteiger partial charge in [0.2, 0.25) is 0 Å². The lowest BCUT2D eigenvalue weighted by Crippen LogP contribution is -2.55. The van der Waals surface area contributed by atoms with Crippen LogP contribution in [-0.4, -0.2) is 36.2 Å². The van der Waals surface area contributed by atoms with Crippen LogP contribution in [0.1, 0.15) is 45.4 Å². The van der Waals surface area contributed by atoms with Gasteiger partial charge in [0.1, 0.15) is 5.54 Å². The summed E-state index contributed by atoms with van der Waals surface area (Å²) in [5, 5.41) is 4.99. The molecule has 2 heterocycles. The van der Waals surface area contributed by atoms with Crippen LogP contribution in [0.2, 0.25) is 0 Å². The molecule has 0 saturated carbocycles. The molecule has 1 N–H and O–H groups in total. The summed E-state index contributed by atoms with van der Waals surface area (Å²) in [4.78, 5) is 17.9. The van der Waals surface area contributed by atoms with Crippen molar-refractivity contribution >= 4 is 5.91 Å². The second-order valence-corrected chi connectivity index (χ2v) is 4.81. The summed E-state index contributed by atoms with van der Waals surface area (Å²) in [6.07, 6.45) is 6.14. The highest BCUT2D eigenvalue weighted by molar-refractivity contribution is 5.86. The van der Waals surface area contributed by atoms with E-state index in [-0.39, 0.29) is 11.4 Å². The second kappa shape index (κ2) is 5.15. The van der Waals surface area contributed by atoms with Gasteiger partial charge in [0.15, 0.2) is 0 Å². The van der Waals surface area contributed by atoms with Gasteiger partial charge < -0.3 is 5.32 Å². The van der Waals surface area contributed by atoms with Gasteiger partial charge in [-0.15, -0.1) is 0 Å². The molecule has 92 valence electrons. The average Bonchev–Trinajstić information content (AvgIpc) is 2.80. The molecule has 2 saturated heterocycles. The van der Waals surface area contributed by atoms with Crippen molar-refractivity contribution in [1.29, 1.82) is 0 Å². The molecule has 0 aromatic heterocycles. The van der Waals surface area contributed by atoms with Gasteiger partial charge in [0.25, 0.3) is 5.91 Å². The van der Waals surface area contributed by atoms with Crippen molar-refractivity contribution in [2.75, 3.05) is 19.7 Å². The third kappa shape index (κ3) is 2.23. The van der Waals surface area contributed by atoms with Gasteiger partial charge in [-0.25, -0.2) is 5.06 Å². The second-order valence-electron chi connectivity index (χ2n) is 4.81. The molecule has 2 fully saturated rings. The number of hydrogen-bond acceptors (Lipinski definition) is 3. The largest absolute Gasteiger partial charge is 0.303 e. The first-order valence-electron chi connectivity index (χ1n) is 6.48. The summed E-state index contributed by atoms with van der Waals surface area (Å²) in [6, 6.07) is 0. The molecule has 2 rings (SSSR count). The number of amides is 1. The Hall–Kier alpha value is -0.610. The fraction of sp³-hybridized carbons (Fsp3) is 0.917. The molecule has 0 aliphatic carbocycles. The Bertz CT molecular complexity index is 243. The lowest BCUT2D eigenvalue weighted by Gasteiger charge is -2.35. The summed E-state index contributed by atoms with van der Waals surface area (Å²) in [5.41, 5.74) is -0.327. The first-order valence-corrected chi connectivity index (χ1v) is 6.48. The zero-order valence-corrected chi connectivity index (χ0v) is 10.1. The predicted octanol–water partition coefficient (Wildman–Crippen LogP) is 1.46. The SMILES string of the molecule is CCCC1(C(=O)N2CCCCO2)CCCN1. The molecule has 2 aliphatic rings. The van der Waals surface area contributed by atoms with E-state index >= 15 is 0 Å². The normalized spacial score (nSPS) is 30.7. The van der Waals surface area contributed by atoms with Gasteiger partial charge >= 0.3 is 0 Å². The number of hydroxylamine groups is 2. The monoisotopic (exact) mass is 226 g/mol. The highest BCUT2D eigenvalue weighted by Gasteiger charge is 2.43. The van der Waals surface area contributed by atoms with E-state index in [2.05, 4.69) is 12.2 Å². The third-order valence-corrected chi connectivity index (χ3v) is 3.56. The van der Waals surface area contributed by atoms with Gasteiger partial charge in [0.05, 0.1) is 6.61 Å². The molecule has 4 heteroatoms. The lowest BCUT2D eigenvalue weighted by molar-refractivity contribution is -0.203. The van der Waals surface area contributed by atoms with Crippen molar-refractivity contribution in [2.24, 2.45) is 0 Å². The van der Waals surface area contributed by atoms with Crippen molar-refractivity contribution in [1.82, 2.24) is 10.4 Å². The molecule has 1 amide bonds. The number of nitrogens with one attached hydrogen (secondary N) is 1. The fourth-order valence-electron chi connectivity index (χ4n) is 2.73. The van der Waals surface area contributed by atoms with Crippen LogP contribution in [0.5, 0.6) is 0 Å². The van der Waals surface area contributed by atoms with E-state index in [9.17, 15) is 4.79 Å². The molecular weight excluding hydrogens is 204 g/mol. The number of rotatable bonds is 3.